The molecule has 40 heavy (non-hydrogen) atoms. The minimum absolute atomic E-state index is 0.172. The zero-order valence-corrected chi connectivity index (χ0v) is 22.9. The molecule has 0 fully saturated rings. The number of carbonyl (C=O) groups excluding carboxylic acids is 1. The highest BCUT2D eigenvalue weighted by atomic mass is 32.1. The number of carboxylic acids is 1. The number of ether oxygens (including phenoxy) is 3. The average Bonchev–Trinajstić information content (AvgIpc) is 3.25. The first kappa shape index (κ1) is 26.9. The third-order valence-corrected chi connectivity index (χ3v) is 7.46. The topological polar surface area (TPSA) is 116 Å². The highest BCUT2D eigenvalue weighted by molar-refractivity contribution is 7.07. The lowest BCUT2D eigenvalue weighted by atomic mass is 9.90. The van der Waals surface area contributed by atoms with Crippen LogP contribution in [0.25, 0.3) is 16.8 Å². The number of fused-ring (bicyclic) bond motifs is 2. The Balaban J connectivity index is 1.72. The van der Waals surface area contributed by atoms with Crippen molar-refractivity contribution >= 4 is 40.1 Å². The molecular formula is C30H26N2O7S. The number of hydrogen-bond donors (Lipinski definition) is 1. The summed E-state index contributed by atoms with van der Waals surface area (Å²) in [5.41, 5.74) is 1.81. The normalized spacial score (nSPS) is 15.0. The number of thiazole rings is 1. The lowest BCUT2D eigenvalue weighted by Crippen LogP contribution is -2.40. The van der Waals surface area contributed by atoms with Crippen molar-refractivity contribution in [2.75, 3.05) is 20.3 Å². The highest BCUT2D eigenvalue weighted by Gasteiger charge is 2.36. The van der Waals surface area contributed by atoms with Gasteiger partial charge in [-0.25, -0.2) is 14.6 Å². The van der Waals surface area contributed by atoms with Gasteiger partial charge >= 0.3 is 11.9 Å². The van der Waals surface area contributed by atoms with E-state index in [-0.39, 0.29) is 17.7 Å². The molecule has 9 nitrogen and oxygen atoms in total. The molecule has 1 unspecified atom stereocenters. The molecule has 0 saturated carbocycles. The molecule has 3 aromatic carbocycles. The van der Waals surface area contributed by atoms with Crippen LogP contribution in [-0.2, 0) is 14.3 Å². The van der Waals surface area contributed by atoms with Crippen molar-refractivity contribution in [3.05, 3.63) is 103 Å². The van der Waals surface area contributed by atoms with Gasteiger partial charge in [-0.3, -0.25) is 9.36 Å². The van der Waals surface area contributed by atoms with E-state index in [2.05, 4.69) is 4.99 Å². The number of benzene rings is 3. The van der Waals surface area contributed by atoms with Crippen LogP contribution < -0.4 is 24.4 Å². The smallest absolute Gasteiger partial charge is 0.341 e. The van der Waals surface area contributed by atoms with Gasteiger partial charge in [0.1, 0.15) is 17.5 Å². The summed E-state index contributed by atoms with van der Waals surface area (Å²) >= 11 is 1.22. The molecule has 0 amide bonds. The Morgan fingerprint density at radius 3 is 2.55 bits per heavy atom. The Kier molecular flexibility index (Phi) is 7.52. The summed E-state index contributed by atoms with van der Waals surface area (Å²) in [6, 6.07) is 17.4. The summed E-state index contributed by atoms with van der Waals surface area (Å²) in [5.74, 6) is -0.680. The van der Waals surface area contributed by atoms with E-state index in [1.807, 2.05) is 36.4 Å². The van der Waals surface area contributed by atoms with Crippen LogP contribution >= 0.6 is 11.3 Å². The quantitative estimate of drug-likeness (QED) is 0.330. The van der Waals surface area contributed by atoms with Gasteiger partial charge in [-0.15, -0.1) is 0 Å². The van der Waals surface area contributed by atoms with E-state index in [0.717, 1.165) is 10.8 Å². The van der Waals surface area contributed by atoms with E-state index in [0.29, 0.717) is 37.7 Å². The molecule has 204 valence electrons. The van der Waals surface area contributed by atoms with E-state index in [4.69, 9.17) is 19.3 Å². The number of carbonyl (C=O) groups is 2. The molecule has 0 bridgehead atoms. The van der Waals surface area contributed by atoms with Gasteiger partial charge in [-0.2, -0.15) is 0 Å². The molecule has 10 heteroatoms. The van der Waals surface area contributed by atoms with Crippen molar-refractivity contribution in [2.45, 2.75) is 19.9 Å². The van der Waals surface area contributed by atoms with Crippen LogP contribution in [-0.4, -0.2) is 41.9 Å². The highest BCUT2D eigenvalue weighted by Crippen LogP contribution is 2.40. The molecule has 1 N–H and O–H groups in total. The minimum Gasteiger partial charge on any atom is -0.496 e. The van der Waals surface area contributed by atoms with Crippen molar-refractivity contribution in [3.63, 3.8) is 0 Å². The molecule has 4 aromatic rings. The van der Waals surface area contributed by atoms with Crippen LogP contribution in [0.3, 0.4) is 0 Å². The zero-order chi connectivity index (χ0) is 28.4. The maximum absolute atomic E-state index is 14.0. The first-order valence-corrected chi connectivity index (χ1v) is 13.3. The Morgan fingerprint density at radius 2 is 1.85 bits per heavy atom. The molecule has 0 aliphatic carbocycles. The van der Waals surface area contributed by atoms with E-state index < -0.39 is 24.6 Å². The second-order valence-electron chi connectivity index (χ2n) is 8.96. The van der Waals surface area contributed by atoms with Gasteiger partial charge in [0.05, 0.1) is 29.5 Å². The summed E-state index contributed by atoms with van der Waals surface area (Å²) in [6.07, 6.45) is 1.73. The van der Waals surface area contributed by atoms with Crippen molar-refractivity contribution < 1.29 is 28.9 Å². The number of esters is 1. The zero-order valence-electron chi connectivity index (χ0n) is 22.0. The number of rotatable bonds is 8. The van der Waals surface area contributed by atoms with Crippen LogP contribution in [0, 0.1) is 0 Å². The fourth-order valence-electron chi connectivity index (χ4n) is 4.76. The van der Waals surface area contributed by atoms with E-state index in [1.54, 1.807) is 51.3 Å². The monoisotopic (exact) mass is 558 g/mol. The molecule has 1 atom stereocenters. The Morgan fingerprint density at radius 1 is 1.10 bits per heavy atom. The van der Waals surface area contributed by atoms with Crippen molar-refractivity contribution in [3.8, 4) is 11.5 Å². The van der Waals surface area contributed by atoms with Gasteiger partial charge in [0.25, 0.3) is 5.56 Å². The number of hydrogen-bond acceptors (Lipinski definition) is 8. The molecule has 5 rings (SSSR count). The fraction of sp³-hybridized carbons (Fsp3) is 0.200. The molecule has 0 spiro atoms. The summed E-state index contributed by atoms with van der Waals surface area (Å²) in [7, 11) is 1.56. The summed E-state index contributed by atoms with van der Waals surface area (Å²) in [5, 5.41) is 10.6. The summed E-state index contributed by atoms with van der Waals surface area (Å²) in [6.45, 7) is 3.20. The molecule has 1 aromatic heterocycles. The Bertz CT molecular complexity index is 1830. The number of aliphatic carboxylic acids is 1. The van der Waals surface area contributed by atoms with Gasteiger partial charge < -0.3 is 19.3 Å². The number of allylic oxidation sites excluding steroid dienone is 1. The lowest BCUT2D eigenvalue weighted by molar-refractivity contribution is -0.140. The number of carboxylic acid groups (broad SMARTS) is 1. The molecule has 1 aliphatic heterocycles. The second kappa shape index (κ2) is 11.2. The maximum atomic E-state index is 14.0. The van der Waals surface area contributed by atoms with Gasteiger partial charge in [0.15, 0.2) is 11.4 Å². The largest absolute Gasteiger partial charge is 0.496 e. The summed E-state index contributed by atoms with van der Waals surface area (Å²) in [4.78, 5) is 43.2. The first-order chi connectivity index (χ1) is 19.3. The average molecular weight is 559 g/mol. The standard InChI is InChI=1S/C30H26N2O7S/c1-4-38-29(36)25-17(2)31-30-32(27(25)26-21-8-6-5-7-19(21)11-14-22(26)37-3)28(35)23(40-30)15-18-9-12-20(13-10-18)39-16-24(33)34/h5-15,27H,4,16H2,1-3H3,(H,33,34)/b23-15-. The molecule has 1 aliphatic rings. The van der Waals surface area contributed by atoms with E-state index >= 15 is 0 Å². The third kappa shape index (κ3) is 5.01. The van der Waals surface area contributed by atoms with Crippen molar-refractivity contribution in [1.29, 1.82) is 0 Å². The maximum Gasteiger partial charge on any atom is 0.341 e. The van der Waals surface area contributed by atoms with Crippen LogP contribution in [0.5, 0.6) is 11.5 Å². The SMILES string of the molecule is CCOC(=O)C1=C(C)N=c2s/c(=C\c3ccc(OCC(=O)O)cc3)c(=O)n2C1c1c(OC)ccc2ccccc12. The van der Waals surface area contributed by atoms with Crippen LogP contribution in [0.1, 0.15) is 31.0 Å². The van der Waals surface area contributed by atoms with Crippen molar-refractivity contribution in [2.24, 2.45) is 4.99 Å². The predicted molar refractivity (Wildman–Crippen MR) is 150 cm³/mol. The minimum atomic E-state index is -1.07. The molecular weight excluding hydrogens is 532 g/mol. The van der Waals surface area contributed by atoms with Gasteiger partial charge in [-0.1, -0.05) is 53.8 Å². The van der Waals surface area contributed by atoms with E-state index in [9.17, 15) is 14.4 Å². The molecule has 0 radical (unpaired) electrons. The molecule has 2 heterocycles. The van der Waals surface area contributed by atoms with Crippen LogP contribution in [0.15, 0.2) is 81.7 Å². The number of nitrogens with zero attached hydrogens (tertiary/aromatic N) is 2. The Labute approximate surface area is 232 Å². The predicted octanol–water partition coefficient (Wildman–Crippen LogP) is 3.42. The second-order valence-corrected chi connectivity index (χ2v) is 9.97. The summed E-state index contributed by atoms with van der Waals surface area (Å²) < 4.78 is 18.3. The number of methoxy groups -OCH3 is 1. The van der Waals surface area contributed by atoms with Crippen molar-refractivity contribution in [1.82, 2.24) is 4.57 Å². The van der Waals surface area contributed by atoms with Gasteiger partial charge in [0, 0.05) is 5.56 Å². The van der Waals surface area contributed by atoms with Gasteiger partial charge in [0.2, 0.25) is 0 Å². The fourth-order valence-corrected chi connectivity index (χ4v) is 5.80. The molecule has 0 saturated heterocycles. The number of aromatic nitrogens is 1. The third-order valence-electron chi connectivity index (χ3n) is 6.48. The van der Waals surface area contributed by atoms with Crippen LogP contribution in [0.2, 0.25) is 0 Å². The lowest BCUT2D eigenvalue weighted by Gasteiger charge is -2.27. The van der Waals surface area contributed by atoms with Gasteiger partial charge in [-0.05, 0) is 54.5 Å². The first-order valence-electron chi connectivity index (χ1n) is 12.5. The van der Waals surface area contributed by atoms with Crippen LogP contribution in [0.4, 0.5) is 0 Å². The Hall–Kier alpha value is -4.70. The van der Waals surface area contributed by atoms with E-state index in [1.165, 1.54) is 15.9 Å².